The minimum atomic E-state index is 0.264. The standard InChI is InChI=1S/C15H24BrNO2/c1-4-5-12(2)19-14-6-7-15(16)13(10-14)11-17-8-9-18-3/h6-7,10,12,17H,4-5,8-9,11H2,1-3H3. The van der Waals surface area contributed by atoms with Crippen LogP contribution < -0.4 is 10.1 Å². The van der Waals surface area contributed by atoms with E-state index in [1.807, 2.05) is 12.1 Å². The van der Waals surface area contributed by atoms with E-state index in [1.54, 1.807) is 7.11 Å². The fourth-order valence-corrected chi connectivity index (χ4v) is 2.24. The number of halogens is 1. The van der Waals surface area contributed by atoms with E-state index in [4.69, 9.17) is 9.47 Å². The molecule has 19 heavy (non-hydrogen) atoms. The van der Waals surface area contributed by atoms with Gasteiger partial charge in [0.15, 0.2) is 0 Å². The highest BCUT2D eigenvalue weighted by Gasteiger charge is 2.06. The molecule has 1 unspecified atom stereocenters. The number of hydrogen-bond acceptors (Lipinski definition) is 3. The third kappa shape index (κ3) is 6.41. The summed E-state index contributed by atoms with van der Waals surface area (Å²) in [5.41, 5.74) is 1.21. The second-order valence-electron chi connectivity index (χ2n) is 4.64. The first kappa shape index (κ1) is 16.5. The summed E-state index contributed by atoms with van der Waals surface area (Å²) < 4.78 is 12.0. The largest absolute Gasteiger partial charge is 0.491 e. The van der Waals surface area contributed by atoms with E-state index in [9.17, 15) is 0 Å². The number of ether oxygens (including phenoxy) is 2. The third-order valence-corrected chi connectivity index (χ3v) is 3.62. The van der Waals surface area contributed by atoms with Crippen LogP contribution in [0.2, 0.25) is 0 Å². The molecule has 0 aliphatic heterocycles. The van der Waals surface area contributed by atoms with Crippen LogP contribution >= 0.6 is 15.9 Å². The van der Waals surface area contributed by atoms with Gasteiger partial charge in [-0.25, -0.2) is 0 Å². The maximum atomic E-state index is 5.90. The average Bonchev–Trinajstić information content (AvgIpc) is 2.38. The van der Waals surface area contributed by atoms with Gasteiger partial charge in [0.1, 0.15) is 5.75 Å². The molecule has 108 valence electrons. The molecule has 0 bridgehead atoms. The molecule has 0 aliphatic carbocycles. The lowest BCUT2D eigenvalue weighted by molar-refractivity contribution is 0.199. The summed E-state index contributed by atoms with van der Waals surface area (Å²) in [7, 11) is 1.71. The Morgan fingerprint density at radius 3 is 2.84 bits per heavy atom. The second-order valence-corrected chi connectivity index (χ2v) is 5.49. The Kier molecular flexibility index (Phi) is 8.10. The molecule has 1 atom stereocenters. The van der Waals surface area contributed by atoms with Gasteiger partial charge in [-0.15, -0.1) is 0 Å². The van der Waals surface area contributed by atoms with E-state index in [0.29, 0.717) is 0 Å². The minimum absolute atomic E-state index is 0.264. The van der Waals surface area contributed by atoms with Crippen molar-refractivity contribution in [3.8, 4) is 5.75 Å². The van der Waals surface area contributed by atoms with Crippen LogP contribution in [-0.2, 0) is 11.3 Å². The molecule has 0 saturated heterocycles. The summed E-state index contributed by atoms with van der Waals surface area (Å²) in [5, 5.41) is 3.34. The molecular weight excluding hydrogens is 306 g/mol. The molecule has 1 aromatic rings. The highest BCUT2D eigenvalue weighted by molar-refractivity contribution is 9.10. The first-order chi connectivity index (χ1) is 9.17. The summed E-state index contributed by atoms with van der Waals surface area (Å²) in [6, 6.07) is 6.15. The minimum Gasteiger partial charge on any atom is -0.491 e. The first-order valence-corrected chi connectivity index (χ1v) is 7.61. The highest BCUT2D eigenvalue weighted by Crippen LogP contribution is 2.23. The van der Waals surface area contributed by atoms with Crippen molar-refractivity contribution in [2.45, 2.75) is 39.3 Å². The van der Waals surface area contributed by atoms with Crippen molar-refractivity contribution in [1.82, 2.24) is 5.32 Å². The molecule has 0 radical (unpaired) electrons. The summed E-state index contributed by atoms with van der Waals surface area (Å²) >= 11 is 3.57. The van der Waals surface area contributed by atoms with Crippen LogP contribution in [-0.4, -0.2) is 26.4 Å². The predicted molar refractivity (Wildman–Crippen MR) is 82.7 cm³/mol. The molecule has 0 aromatic heterocycles. The molecule has 1 N–H and O–H groups in total. The second kappa shape index (κ2) is 9.34. The number of methoxy groups -OCH3 is 1. The van der Waals surface area contributed by atoms with Crippen molar-refractivity contribution < 1.29 is 9.47 Å². The monoisotopic (exact) mass is 329 g/mol. The lowest BCUT2D eigenvalue weighted by Crippen LogP contribution is -2.19. The average molecular weight is 330 g/mol. The van der Waals surface area contributed by atoms with E-state index in [-0.39, 0.29) is 6.10 Å². The smallest absolute Gasteiger partial charge is 0.120 e. The zero-order valence-corrected chi connectivity index (χ0v) is 13.6. The van der Waals surface area contributed by atoms with Crippen molar-refractivity contribution in [1.29, 1.82) is 0 Å². The maximum Gasteiger partial charge on any atom is 0.120 e. The van der Waals surface area contributed by atoms with Crippen LogP contribution in [0.25, 0.3) is 0 Å². The Labute approximate surface area is 124 Å². The van der Waals surface area contributed by atoms with Crippen molar-refractivity contribution >= 4 is 15.9 Å². The number of nitrogens with one attached hydrogen (secondary N) is 1. The van der Waals surface area contributed by atoms with Crippen molar-refractivity contribution in [3.05, 3.63) is 28.2 Å². The van der Waals surface area contributed by atoms with Gasteiger partial charge in [-0.05, 0) is 37.1 Å². The Morgan fingerprint density at radius 1 is 1.37 bits per heavy atom. The molecule has 0 heterocycles. The van der Waals surface area contributed by atoms with Gasteiger partial charge in [-0.3, -0.25) is 0 Å². The third-order valence-electron chi connectivity index (χ3n) is 2.85. The van der Waals surface area contributed by atoms with Gasteiger partial charge in [0.2, 0.25) is 0 Å². The summed E-state index contributed by atoms with van der Waals surface area (Å²) in [6.45, 7) is 6.67. The lowest BCUT2D eigenvalue weighted by Gasteiger charge is -2.15. The van der Waals surface area contributed by atoms with Gasteiger partial charge in [0.25, 0.3) is 0 Å². The molecule has 0 spiro atoms. The topological polar surface area (TPSA) is 30.5 Å². The van der Waals surface area contributed by atoms with Crippen LogP contribution in [0.5, 0.6) is 5.75 Å². The zero-order valence-electron chi connectivity index (χ0n) is 12.0. The van der Waals surface area contributed by atoms with E-state index >= 15 is 0 Å². The molecule has 1 aromatic carbocycles. The first-order valence-electron chi connectivity index (χ1n) is 6.82. The van der Waals surface area contributed by atoms with Gasteiger partial charge in [0, 0.05) is 24.7 Å². The zero-order chi connectivity index (χ0) is 14.1. The quantitative estimate of drug-likeness (QED) is 0.700. The Bertz CT molecular complexity index is 371. The van der Waals surface area contributed by atoms with Gasteiger partial charge < -0.3 is 14.8 Å². The molecule has 0 fully saturated rings. The van der Waals surface area contributed by atoms with Crippen LogP contribution in [0, 0.1) is 0 Å². The van der Waals surface area contributed by atoms with E-state index in [2.05, 4.69) is 41.2 Å². The van der Waals surface area contributed by atoms with Crippen LogP contribution in [0.1, 0.15) is 32.3 Å². The van der Waals surface area contributed by atoms with Gasteiger partial charge in [-0.2, -0.15) is 0 Å². The van der Waals surface area contributed by atoms with E-state index in [0.717, 1.165) is 42.8 Å². The van der Waals surface area contributed by atoms with Crippen molar-refractivity contribution in [3.63, 3.8) is 0 Å². The molecule has 3 nitrogen and oxygen atoms in total. The molecular formula is C15H24BrNO2. The van der Waals surface area contributed by atoms with Crippen molar-refractivity contribution in [2.24, 2.45) is 0 Å². The summed E-state index contributed by atoms with van der Waals surface area (Å²) in [6.07, 6.45) is 2.49. The fraction of sp³-hybridized carbons (Fsp3) is 0.600. The van der Waals surface area contributed by atoms with Crippen molar-refractivity contribution in [2.75, 3.05) is 20.3 Å². The Morgan fingerprint density at radius 2 is 2.16 bits per heavy atom. The molecule has 4 heteroatoms. The van der Waals surface area contributed by atoms with Crippen LogP contribution in [0.4, 0.5) is 0 Å². The van der Waals surface area contributed by atoms with Gasteiger partial charge >= 0.3 is 0 Å². The molecule has 0 aliphatic rings. The molecule has 0 saturated carbocycles. The number of benzene rings is 1. The normalized spacial score (nSPS) is 12.4. The maximum absolute atomic E-state index is 5.90. The van der Waals surface area contributed by atoms with E-state index < -0.39 is 0 Å². The number of rotatable bonds is 9. The predicted octanol–water partition coefficient (Wildman–Crippen LogP) is 3.75. The Balaban J connectivity index is 2.55. The van der Waals surface area contributed by atoms with Gasteiger partial charge in [0.05, 0.1) is 12.7 Å². The summed E-state index contributed by atoms with van der Waals surface area (Å²) in [4.78, 5) is 0. The van der Waals surface area contributed by atoms with E-state index in [1.165, 1.54) is 5.56 Å². The number of hydrogen-bond donors (Lipinski definition) is 1. The highest BCUT2D eigenvalue weighted by atomic mass is 79.9. The molecule has 0 amide bonds. The van der Waals surface area contributed by atoms with Gasteiger partial charge in [-0.1, -0.05) is 29.3 Å². The van der Waals surface area contributed by atoms with Crippen LogP contribution in [0.15, 0.2) is 22.7 Å². The SMILES string of the molecule is CCCC(C)Oc1ccc(Br)c(CNCCOC)c1. The Hall–Kier alpha value is -0.580. The summed E-state index contributed by atoms with van der Waals surface area (Å²) in [5.74, 6) is 0.938. The molecule has 1 rings (SSSR count). The lowest BCUT2D eigenvalue weighted by atomic mass is 10.2. The van der Waals surface area contributed by atoms with Crippen LogP contribution in [0.3, 0.4) is 0 Å². The fourth-order valence-electron chi connectivity index (χ4n) is 1.85.